The molecule has 0 bridgehead atoms. The van der Waals surface area contributed by atoms with Crippen LogP contribution in [0.1, 0.15) is 38.2 Å². The number of piperidine rings is 1. The van der Waals surface area contributed by atoms with Crippen LogP contribution in [0.2, 0.25) is 0 Å². The first-order valence-electron chi connectivity index (χ1n) is 8.27. The topological polar surface area (TPSA) is 32.3 Å². The maximum absolute atomic E-state index is 11.8. The zero-order valence-electron chi connectivity index (χ0n) is 13.2. The fourth-order valence-electron chi connectivity index (χ4n) is 2.80. The van der Waals surface area contributed by atoms with Crippen LogP contribution in [0.3, 0.4) is 0 Å². The van der Waals surface area contributed by atoms with Crippen molar-refractivity contribution in [1.29, 1.82) is 0 Å². The van der Waals surface area contributed by atoms with Crippen LogP contribution >= 0.6 is 0 Å². The zero-order valence-corrected chi connectivity index (χ0v) is 13.2. The van der Waals surface area contributed by atoms with Crippen molar-refractivity contribution in [2.75, 3.05) is 26.2 Å². The molecule has 1 aliphatic heterocycles. The summed E-state index contributed by atoms with van der Waals surface area (Å²) in [5.41, 5.74) is 1.34. The van der Waals surface area contributed by atoms with Crippen molar-refractivity contribution in [3.8, 4) is 0 Å². The Morgan fingerprint density at radius 2 is 1.95 bits per heavy atom. The van der Waals surface area contributed by atoms with E-state index >= 15 is 0 Å². The number of nitrogens with one attached hydrogen (secondary N) is 1. The quantitative estimate of drug-likeness (QED) is 0.783. The largest absolute Gasteiger partial charge is 0.356 e. The molecule has 0 atom stereocenters. The molecule has 3 heteroatoms. The fraction of sp³-hybridized carbons (Fsp3) is 0.611. The van der Waals surface area contributed by atoms with Crippen LogP contribution < -0.4 is 5.32 Å². The highest BCUT2D eigenvalue weighted by Gasteiger charge is 2.15. The Kier molecular flexibility index (Phi) is 6.74. The van der Waals surface area contributed by atoms with E-state index in [9.17, 15) is 4.79 Å². The molecule has 0 unspecified atom stereocenters. The lowest BCUT2D eigenvalue weighted by Crippen LogP contribution is -2.36. The maximum Gasteiger partial charge on any atom is 0.221 e. The molecule has 2 rings (SSSR count). The summed E-state index contributed by atoms with van der Waals surface area (Å²) in [6, 6.07) is 10.4. The minimum absolute atomic E-state index is 0.196. The number of nitrogens with zero attached hydrogens (tertiary/aromatic N) is 1. The molecule has 1 heterocycles. The highest BCUT2D eigenvalue weighted by atomic mass is 16.1. The molecular formula is C18H28N2O. The van der Waals surface area contributed by atoms with Gasteiger partial charge in [0.1, 0.15) is 0 Å². The molecule has 1 aromatic carbocycles. The summed E-state index contributed by atoms with van der Waals surface area (Å²) < 4.78 is 0. The number of hydrogen-bond donors (Lipinski definition) is 1. The first kappa shape index (κ1) is 16.0. The SMILES string of the molecule is CC1CCN(CCC(=O)NCCCc2ccccc2)CC1. The average Bonchev–Trinajstić information content (AvgIpc) is 2.52. The molecule has 21 heavy (non-hydrogen) atoms. The number of carbonyl (C=O) groups is 1. The van der Waals surface area contributed by atoms with E-state index < -0.39 is 0 Å². The van der Waals surface area contributed by atoms with E-state index in [2.05, 4.69) is 41.4 Å². The average molecular weight is 288 g/mol. The molecule has 1 fully saturated rings. The number of benzene rings is 1. The Morgan fingerprint density at radius 1 is 1.24 bits per heavy atom. The predicted molar refractivity (Wildman–Crippen MR) is 87.2 cm³/mol. The lowest BCUT2D eigenvalue weighted by molar-refractivity contribution is -0.121. The predicted octanol–water partition coefficient (Wildman–Crippen LogP) is 2.86. The van der Waals surface area contributed by atoms with Crippen LogP contribution in [0.5, 0.6) is 0 Å². The van der Waals surface area contributed by atoms with Gasteiger partial charge in [0.2, 0.25) is 5.91 Å². The molecule has 0 radical (unpaired) electrons. The van der Waals surface area contributed by atoms with Gasteiger partial charge in [0.05, 0.1) is 0 Å². The molecule has 0 aromatic heterocycles. The van der Waals surface area contributed by atoms with Gasteiger partial charge in [-0.2, -0.15) is 0 Å². The van der Waals surface area contributed by atoms with Crippen LogP contribution in [0.15, 0.2) is 30.3 Å². The molecule has 0 aliphatic carbocycles. The van der Waals surface area contributed by atoms with Crippen molar-refractivity contribution >= 4 is 5.91 Å². The van der Waals surface area contributed by atoms with Gasteiger partial charge in [0.15, 0.2) is 0 Å². The van der Waals surface area contributed by atoms with Gasteiger partial charge >= 0.3 is 0 Å². The van der Waals surface area contributed by atoms with Crippen molar-refractivity contribution in [3.05, 3.63) is 35.9 Å². The molecule has 0 spiro atoms. The van der Waals surface area contributed by atoms with E-state index in [1.54, 1.807) is 0 Å². The molecule has 1 amide bonds. The molecule has 1 saturated heterocycles. The standard InChI is InChI=1S/C18H28N2O/c1-16-9-13-20(14-10-16)15-11-18(21)19-12-5-8-17-6-3-2-4-7-17/h2-4,6-7,16H,5,8-15H2,1H3,(H,19,21). The summed E-state index contributed by atoms with van der Waals surface area (Å²) in [6.45, 7) is 6.32. The maximum atomic E-state index is 11.8. The third kappa shape index (κ3) is 6.30. The van der Waals surface area contributed by atoms with Gasteiger partial charge < -0.3 is 10.2 Å². The molecule has 3 nitrogen and oxygen atoms in total. The number of hydrogen-bond acceptors (Lipinski definition) is 2. The van der Waals surface area contributed by atoms with Crippen molar-refractivity contribution in [3.63, 3.8) is 0 Å². The Hall–Kier alpha value is -1.35. The Bertz CT molecular complexity index is 410. The normalized spacial score (nSPS) is 16.8. The van der Waals surface area contributed by atoms with Crippen molar-refractivity contribution < 1.29 is 4.79 Å². The first-order valence-corrected chi connectivity index (χ1v) is 8.27. The number of aryl methyl sites for hydroxylation is 1. The van der Waals surface area contributed by atoms with Crippen LogP contribution in [0, 0.1) is 5.92 Å². The van der Waals surface area contributed by atoms with Crippen LogP contribution in [-0.4, -0.2) is 37.0 Å². The summed E-state index contributed by atoms with van der Waals surface area (Å²) in [7, 11) is 0. The molecule has 1 N–H and O–H groups in total. The minimum Gasteiger partial charge on any atom is -0.356 e. The number of amides is 1. The van der Waals surface area contributed by atoms with Gasteiger partial charge in [0, 0.05) is 19.5 Å². The van der Waals surface area contributed by atoms with Gasteiger partial charge in [0.25, 0.3) is 0 Å². The third-order valence-corrected chi connectivity index (χ3v) is 4.34. The van der Waals surface area contributed by atoms with E-state index in [1.165, 1.54) is 18.4 Å². The number of carbonyl (C=O) groups excluding carboxylic acids is 1. The van der Waals surface area contributed by atoms with Crippen LogP contribution in [-0.2, 0) is 11.2 Å². The summed E-state index contributed by atoms with van der Waals surface area (Å²) in [5.74, 6) is 1.05. The van der Waals surface area contributed by atoms with Crippen LogP contribution in [0.25, 0.3) is 0 Å². The molecular weight excluding hydrogens is 260 g/mol. The Labute approximate surface area is 128 Å². The summed E-state index contributed by atoms with van der Waals surface area (Å²) in [6.07, 6.45) is 5.24. The van der Waals surface area contributed by atoms with Crippen molar-refractivity contribution in [2.24, 2.45) is 5.92 Å². The highest BCUT2D eigenvalue weighted by molar-refractivity contribution is 5.76. The summed E-state index contributed by atoms with van der Waals surface area (Å²) >= 11 is 0. The second-order valence-corrected chi connectivity index (χ2v) is 6.21. The Morgan fingerprint density at radius 3 is 2.67 bits per heavy atom. The highest BCUT2D eigenvalue weighted by Crippen LogP contribution is 2.15. The van der Waals surface area contributed by atoms with Crippen LogP contribution in [0.4, 0.5) is 0 Å². The van der Waals surface area contributed by atoms with Crippen molar-refractivity contribution in [1.82, 2.24) is 10.2 Å². The smallest absolute Gasteiger partial charge is 0.221 e. The minimum atomic E-state index is 0.196. The van der Waals surface area contributed by atoms with Gasteiger partial charge in [-0.3, -0.25) is 4.79 Å². The number of rotatable bonds is 7. The molecule has 1 aromatic rings. The second-order valence-electron chi connectivity index (χ2n) is 6.21. The monoisotopic (exact) mass is 288 g/mol. The van der Waals surface area contributed by atoms with E-state index in [4.69, 9.17) is 0 Å². The van der Waals surface area contributed by atoms with Gasteiger partial charge in [-0.15, -0.1) is 0 Å². The lowest BCUT2D eigenvalue weighted by atomic mass is 9.99. The molecule has 116 valence electrons. The van der Waals surface area contributed by atoms with Gasteiger partial charge in [-0.05, 0) is 50.3 Å². The molecule has 0 saturated carbocycles. The number of likely N-dealkylation sites (tertiary alicyclic amines) is 1. The summed E-state index contributed by atoms with van der Waals surface area (Å²) in [5, 5.41) is 3.04. The zero-order chi connectivity index (χ0) is 14.9. The van der Waals surface area contributed by atoms with Gasteiger partial charge in [-0.25, -0.2) is 0 Å². The lowest BCUT2D eigenvalue weighted by Gasteiger charge is -2.29. The van der Waals surface area contributed by atoms with Crippen molar-refractivity contribution in [2.45, 2.75) is 39.0 Å². The first-order chi connectivity index (χ1) is 10.2. The van der Waals surface area contributed by atoms with E-state index in [1.807, 2.05) is 6.07 Å². The van der Waals surface area contributed by atoms with Gasteiger partial charge in [-0.1, -0.05) is 37.3 Å². The third-order valence-electron chi connectivity index (χ3n) is 4.34. The summed E-state index contributed by atoms with van der Waals surface area (Å²) in [4.78, 5) is 14.2. The van der Waals surface area contributed by atoms with E-state index in [-0.39, 0.29) is 5.91 Å². The van der Waals surface area contributed by atoms with E-state index in [0.717, 1.165) is 44.9 Å². The fourth-order valence-corrected chi connectivity index (χ4v) is 2.80. The second kappa shape index (κ2) is 8.83. The Balaban J connectivity index is 1.51. The van der Waals surface area contributed by atoms with E-state index in [0.29, 0.717) is 6.42 Å². The molecule has 1 aliphatic rings.